The lowest BCUT2D eigenvalue weighted by atomic mass is 10.0. The standard InChI is InChI=1S/C17H20N4O3S/c1-20-7-8-21(15-11-25(23,24)10-14(15)20)17(22)13-4-2-3-12(9-13)16-18-5-6-19-16/h2-6,9,14-15H,7-8,10-11H2,1H3,(H,18,19)/t14-,15+/m0/s1. The molecule has 1 aromatic heterocycles. The summed E-state index contributed by atoms with van der Waals surface area (Å²) in [5.41, 5.74) is 1.39. The second-order valence-corrected chi connectivity index (χ2v) is 8.86. The number of aromatic amines is 1. The van der Waals surface area contributed by atoms with Gasteiger partial charge in [0.25, 0.3) is 5.91 Å². The van der Waals surface area contributed by atoms with Gasteiger partial charge < -0.3 is 9.88 Å². The van der Waals surface area contributed by atoms with Gasteiger partial charge in [-0.2, -0.15) is 0 Å². The highest BCUT2D eigenvalue weighted by Gasteiger charge is 2.47. The van der Waals surface area contributed by atoms with Crippen LogP contribution in [0.5, 0.6) is 0 Å². The first-order chi connectivity index (χ1) is 11.9. The average Bonchev–Trinajstić information content (AvgIpc) is 3.22. The zero-order valence-electron chi connectivity index (χ0n) is 13.9. The van der Waals surface area contributed by atoms with Gasteiger partial charge >= 0.3 is 0 Å². The van der Waals surface area contributed by atoms with Crippen molar-refractivity contribution in [2.75, 3.05) is 31.6 Å². The number of nitrogens with one attached hydrogen (secondary N) is 1. The van der Waals surface area contributed by atoms with Crippen LogP contribution in [0, 0.1) is 0 Å². The fourth-order valence-corrected chi connectivity index (χ4v) is 5.82. The highest BCUT2D eigenvalue weighted by atomic mass is 32.2. The van der Waals surface area contributed by atoms with Gasteiger partial charge in [-0.25, -0.2) is 13.4 Å². The number of imidazole rings is 1. The fourth-order valence-electron chi connectivity index (χ4n) is 3.77. The van der Waals surface area contributed by atoms with Gasteiger partial charge in [0.05, 0.1) is 17.5 Å². The largest absolute Gasteiger partial charge is 0.345 e. The van der Waals surface area contributed by atoms with Gasteiger partial charge in [-0.15, -0.1) is 0 Å². The van der Waals surface area contributed by atoms with Crippen LogP contribution in [0.25, 0.3) is 11.4 Å². The molecule has 4 rings (SSSR count). The van der Waals surface area contributed by atoms with Gasteiger partial charge in [0.2, 0.25) is 0 Å². The quantitative estimate of drug-likeness (QED) is 0.849. The number of aromatic nitrogens is 2. The minimum absolute atomic E-state index is 0.0472. The van der Waals surface area contributed by atoms with Crippen molar-refractivity contribution in [3.63, 3.8) is 0 Å². The lowest BCUT2D eigenvalue weighted by Crippen LogP contribution is -2.59. The molecule has 3 heterocycles. The molecule has 2 aliphatic rings. The number of hydrogen-bond donors (Lipinski definition) is 1. The van der Waals surface area contributed by atoms with Crippen molar-refractivity contribution in [2.45, 2.75) is 12.1 Å². The number of sulfone groups is 1. The predicted octanol–water partition coefficient (Wildman–Crippen LogP) is 0.630. The lowest BCUT2D eigenvalue weighted by Gasteiger charge is -2.42. The van der Waals surface area contributed by atoms with Gasteiger partial charge in [0.1, 0.15) is 5.82 Å². The van der Waals surface area contributed by atoms with Crippen molar-refractivity contribution in [3.8, 4) is 11.4 Å². The average molecular weight is 360 g/mol. The van der Waals surface area contributed by atoms with E-state index in [2.05, 4.69) is 14.9 Å². The Balaban J connectivity index is 1.64. The first-order valence-electron chi connectivity index (χ1n) is 8.26. The molecule has 0 unspecified atom stereocenters. The maximum absolute atomic E-state index is 13.1. The first-order valence-corrected chi connectivity index (χ1v) is 10.1. The minimum atomic E-state index is -3.10. The Morgan fingerprint density at radius 3 is 2.80 bits per heavy atom. The molecule has 0 bridgehead atoms. The summed E-state index contributed by atoms with van der Waals surface area (Å²) in [7, 11) is -1.18. The van der Waals surface area contributed by atoms with E-state index in [0.717, 1.165) is 5.56 Å². The second kappa shape index (κ2) is 5.96. The van der Waals surface area contributed by atoms with Gasteiger partial charge in [0, 0.05) is 42.7 Å². The number of amides is 1. The molecule has 0 saturated carbocycles. The molecule has 0 aliphatic carbocycles. The Bertz CT molecular complexity index is 894. The highest BCUT2D eigenvalue weighted by molar-refractivity contribution is 7.91. The molecule has 2 saturated heterocycles. The van der Waals surface area contributed by atoms with E-state index >= 15 is 0 Å². The third-order valence-corrected chi connectivity index (χ3v) is 6.79. The number of H-pyrrole nitrogens is 1. The van der Waals surface area contributed by atoms with E-state index in [9.17, 15) is 13.2 Å². The molecule has 1 N–H and O–H groups in total. The van der Waals surface area contributed by atoms with E-state index in [1.807, 2.05) is 19.2 Å². The zero-order valence-corrected chi connectivity index (χ0v) is 14.7. The normalized spacial score (nSPS) is 25.7. The van der Waals surface area contributed by atoms with Crippen LogP contribution in [-0.4, -0.2) is 77.8 Å². The van der Waals surface area contributed by atoms with E-state index in [0.29, 0.717) is 24.5 Å². The van der Waals surface area contributed by atoms with Crippen molar-refractivity contribution >= 4 is 15.7 Å². The van der Waals surface area contributed by atoms with Crippen LogP contribution in [0.15, 0.2) is 36.7 Å². The summed E-state index contributed by atoms with van der Waals surface area (Å²) >= 11 is 0. The Hall–Kier alpha value is -2.19. The molecule has 2 atom stereocenters. The van der Waals surface area contributed by atoms with Crippen molar-refractivity contribution in [1.29, 1.82) is 0 Å². The summed E-state index contributed by atoms with van der Waals surface area (Å²) in [4.78, 5) is 24.1. The van der Waals surface area contributed by atoms with Crippen LogP contribution in [0.4, 0.5) is 0 Å². The SMILES string of the molecule is CN1CCN(C(=O)c2cccc(-c3ncc[nH]3)c2)[C@@H]2CS(=O)(=O)C[C@@H]21. The summed E-state index contributed by atoms with van der Waals surface area (Å²) in [6.07, 6.45) is 3.40. The second-order valence-electron chi connectivity index (χ2n) is 6.71. The molecule has 2 aliphatic heterocycles. The molecule has 25 heavy (non-hydrogen) atoms. The number of piperazine rings is 1. The van der Waals surface area contributed by atoms with Gasteiger partial charge in [-0.1, -0.05) is 12.1 Å². The molecular formula is C17H20N4O3S. The lowest BCUT2D eigenvalue weighted by molar-refractivity contribution is 0.0410. The maximum atomic E-state index is 13.1. The third-order valence-electron chi connectivity index (χ3n) is 5.10. The van der Waals surface area contributed by atoms with E-state index in [1.54, 1.807) is 29.4 Å². The fraction of sp³-hybridized carbons (Fsp3) is 0.412. The van der Waals surface area contributed by atoms with Crippen molar-refractivity contribution in [1.82, 2.24) is 19.8 Å². The molecule has 132 valence electrons. The molecule has 8 heteroatoms. The Morgan fingerprint density at radius 1 is 1.24 bits per heavy atom. The maximum Gasteiger partial charge on any atom is 0.254 e. The number of carbonyl (C=O) groups is 1. The third kappa shape index (κ3) is 2.96. The van der Waals surface area contributed by atoms with Crippen molar-refractivity contribution in [2.24, 2.45) is 0 Å². The smallest absolute Gasteiger partial charge is 0.254 e. The van der Waals surface area contributed by atoms with Crippen LogP contribution in [-0.2, 0) is 9.84 Å². The van der Waals surface area contributed by atoms with Gasteiger partial charge in [-0.05, 0) is 19.2 Å². The number of fused-ring (bicyclic) bond motifs is 1. The van der Waals surface area contributed by atoms with Crippen LogP contribution in [0.2, 0.25) is 0 Å². The number of nitrogens with zero attached hydrogens (tertiary/aromatic N) is 3. The molecule has 0 radical (unpaired) electrons. The summed E-state index contributed by atoms with van der Waals surface area (Å²) in [5, 5.41) is 0. The van der Waals surface area contributed by atoms with E-state index in [1.165, 1.54) is 0 Å². The van der Waals surface area contributed by atoms with E-state index < -0.39 is 9.84 Å². The predicted molar refractivity (Wildman–Crippen MR) is 93.9 cm³/mol. The summed E-state index contributed by atoms with van der Waals surface area (Å²) in [6, 6.07) is 6.90. The Kier molecular flexibility index (Phi) is 3.88. The first kappa shape index (κ1) is 16.3. The number of likely N-dealkylation sites (N-methyl/N-ethyl adjacent to an activating group) is 1. The monoisotopic (exact) mass is 360 g/mol. The molecule has 1 aromatic carbocycles. The number of rotatable bonds is 2. The molecule has 1 amide bonds. The summed E-state index contributed by atoms with van der Waals surface area (Å²) in [5.74, 6) is 0.763. The van der Waals surface area contributed by atoms with Gasteiger partial charge in [-0.3, -0.25) is 9.69 Å². The van der Waals surface area contributed by atoms with E-state index in [4.69, 9.17) is 0 Å². The summed E-state index contributed by atoms with van der Waals surface area (Å²) in [6.45, 7) is 1.22. The molecule has 0 spiro atoms. The zero-order chi connectivity index (χ0) is 17.6. The van der Waals surface area contributed by atoms with Crippen molar-refractivity contribution < 1.29 is 13.2 Å². The number of carbonyl (C=O) groups excluding carboxylic acids is 1. The molecular weight excluding hydrogens is 340 g/mol. The van der Waals surface area contributed by atoms with Crippen LogP contribution in [0.1, 0.15) is 10.4 Å². The van der Waals surface area contributed by atoms with Crippen LogP contribution in [0.3, 0.4) is 0 Å². The summed E-state index contributed by atoms with van der Waals surface area (Å²) < 4.78 is 24.2. The Morgan fingerprint density at radius 2 is 2.04 bits per heavy atom. The van der Waals surface area contributed by atoms with Gasteiger partial charge in [0.15, 0.2) is 9.84 Å². The minimum Gasteiger partial charge on any atom is -0.345 e. The Labute approximate surface area is 146 Å². The molecule has 2 aromatic rings. The van der Waals surface area contributed by atoms with Crippen molar-refractivity contribution in [3.05, 3.63) is 42.2 Å². The number of hydrogen-bond acceptors (Lipinski definition) is 5. The molecule has 7 nitrogen and oxygen atoms in total. The molecule has 2 fully saturated rings. The highest BCUT2D eigenvalue weighted by Crippen LogP contribution is 2.28. The topological polar surface area (TPSA) is 86.4 Å². The number of benzene rings is 1. The van der Waals surface area contributed by atoms with Crippen LogP contribution >= 0.6 is 0 Å². The van der Waals surface area contributed by atoms with E-state index in [-0.39, 0.29) is 29.5 Å². The van der Waals surface area contributed by atoms with Crippen LogP contribution < -0.4 is 0 Å².